The lowest BCUT2D eigenvalue weighted by Gasteiger charge is -2.36. The molecule has 0 radical (unpaired) electrons. The molecule has 10 heteroatoms. The highest BCUT2D eigenvalue weighted by Gasteiger charge is 2.33. The van der Waals surface area contributed by atoms with Gasteiger partial charge in [0.25, 0.3) is 5.91 Å². The van der Waals surface area contributed by atoms with E-state index in [4.69, 9.17) is 9.47 Å². The van der Waals surface area contributed by atoms with E-state index in [0.29, 0.717) is 30.9 Å². The van der Waals surface area contributed by atoms with E-state index in [-0.39, 0.29) is 53.3 Å². The van der Waals surface area contributed by atoms with Gasteiger partial charge in [-0.1, -0.05) is 79.2 Å². The van der Waals surface area contributed by atoms with Crippen molar-refractivity contribution in [2.24, 2.45) is 23.7 Å². The number of aromatic nitrogens is 1. The average molecular weight is 658 g/mol. The number of carbonyl (C=O) groups excluding carboxylic acids is 4. The molecule has 2 rings (SSSR count). The minimum absolute atomic E-state index is 0.0567. The Morgan fingerprint density at radius 1 is 0.957 bits per heavy atom. The molecule has 1 heterocycles. The minimum Gasteiger partial charge on any atom is -0.466 e. The van der Waals surface area contributed by atoms with Gasteiger partial charge in [0.15, 0.2) is 6.10 Å². The maximum absolute atomic E-state index is 13.5. The first-order valence-corrected chi connectivity index (χ1v) is 17.5. The van der Waals surface area contributed by atoms with Gasteiger partial charge in [-0.3, -0.25) is 19.2 Å². The number of amides is 2. The van der Waals surface area contributed by atoms with Gasteiger partial charge in [-0.15, -0.1) is 11.3 Å². The minimum atomic E-state index is -0.720. The molecule has 2 aromatic rings. The molecule has 1 aromatic carbocycles. The standard InChI is InChI=1S/C36H55N3O6S/c1-11-23(6)25(8)35(42)39(10)31(22(4)5)20-32(45-26(9)40)34-38-30(21-46-34)33(41)37-29(18-24(7)36(43)44-13-3)19-28-16-14-27(12-2)15-17-28/h14-17,21-25,29,31-32H,11-13,18-20H2,1-10H3,(H,37,41)/t23-,24-,25-,29+,31+,32+/m0/s1. The molecule has 0 saturated heterocycles. The maximum atomic E-state index is 13.5. The van der Waals surface area contributed by atoms with Crippen LogP contribution in [0.3, 0.4) is 0 Å². The van der Waals surface area contributed by atoms with Gasteiger partial charge >= 0.3 is 11.9 Å². The van der Waals surface area contributed by atoms with E-state index >= 15 is 0 Å². The molecule has 0 aliphatic rings. The van der Waals surface area contributed by atoms with E-state index in [9.17, 15) is 19.2 Å². The second kappa shape index (κ2) is 18.8. The Morgan fingerprint density at radius 2 is 1.59 bits per heavy atom. The summed E-state index contributed by atoms with van der Waals surface area (Å²) in [5.74, 6) is -1.29. The van der Waals surface area contributed by atoms with Crippen LogP contribution >= 0.6 is 11.3 Å². The number of carbonyl (C=O) groups is 4. The largest absolute Gasteiger partial charge is 0.466 e. The number of aryl methyl sites for hydroxylation is 1. The third kappa shape index (κ3) is 11.5. The number of thiazole rings is 1. The molecule has 0 bridgehead atoms. The van der Waals surface area contributed by atoms with Gasteiger partial charge in [-0.25, -0.2) is 4.98 Å². The van der Waals surface area contributed by atoms with Crippen molar-refractivity contribution in [3.05, 3.63) is 51.5 Å². The predicted molar refractivity (Wildman–Crippen MR) is 182 cm³/mol. The number of rotatable bonds is 18. The molecule has 0 spiro atoms. The second-order valence-electron chi connectivity index (χ2n) is 12.8. The quantitative estimate of drug-likeness (QED) is 0.176. The summed E-state index contributed by atoms with van der Waals surface area (Å²) in [6.45, 7) is 17.5. The van der Waals surface area contributed by atoms with E-state index in [2.05, 4.69) is 43.2 Å². The first kappa shape index (κ1) is 38.9. The highest BCUT2D eigenvalue weighted by molar-refractivity contribution is 7.09. The number of nitrogens with zero attached hydrogens (tertiary/aromatic N) is 2. The first-order chi connectivity index (χ1) is 21.7. The van der Waals surface area contributed by atoms with E-state index < -0.39 is 18.0 Å². The monoisotopic (exact) mass is 657 g/mol. The van der Waals surface area contributed by atoms with E-state index in [0.717, 1.165) is 18.4 Å². The lowest BCUT2D eigenvalue weighted by Crippen LogP contribution is -2.45. The molecule has 2 amide bonds. The number of nitrogens with one attached hydrogen (secondary N) is 1. The molecular weight excluding hydrogens is 602 g/mol. The topological polar surface area (TPSA) is 115 Å². The van der Waals surface area contributed by atoms with Crippen LogP contribution in [0.1, 0.15) is 114 Å². The Bertz CT molecular complexity index is 1280. The molecule has 6 atom stereocenters. The van der Waals surface area contributed by atoms with Gasteiger partial charge in [0.05, 0.1) is 12.5 Å². The van der Waals surface area contributed by atoms with Crippen LogP contribution in [-0.4, -0.2) is 59.4 Å². The summed E-state index contributed by atoms with van der Waals surface area (Å²) in [5.41, 5.74) is 2.48. The summed E-state index contributed by atoms with van der Waals surface area (Å²) in [4.78, 5) is 57.9. The molecule has 256 valence electrons. The van der Waals surface area contributed by atoms with Gasteiger partial charge < -0.3 is 19.7 Å². The first-order valence-electron chi connectivity index (χ1n) is 16.7. The van der Waals surface area contributed by atoms with Gasteiger partial charge in [0.1, 0.15) is 10.7 Å². The van der Waals surface area contributed by atoms with Gasteiger partial charge in [0, 0.05) is 43.8 Å². The van der Waals surface area contributed by atoms with Crippen LogP contribution in [-0.2, 0) is 36.7 Å². The van der Waals surface area contributed by atoms with E-state index in [1.54, 1.807) is 24.1 Å². The molecule has 1 N–H and O–H groups in total. The third-order valence-corrected chi connectivity index (χ3v) is 9.81. The van der Waals surface area contributed by atoms with E-state index in [1.807, 2.05) is 40.0 Å². The highest BCUT2D eigenvalue weighted by atomic mass is 32.1. The molecule has 46 heavy (non-hydrogen) atoms. The summed E-state index contributed by atoms with van der Waals surface area (Å²) in [5, 5.41) is 5.24. The van der Waals surface area contributed by atoms with Crippen molar-refractivity contribution in [1.29, 1.82) is 0 Å². The van der Waals surface area contributed by atoms with Crippen LogP contribution in [0.4, 0.5) is 0 Å². The fourth-order valence-corrected chi connectivity index (χ4v) is 6.41. The van der Waals surface area contributed by atoms with Crippen molar-refractivity contribution in [3.63, 3.8) is 0 Å². The second-order valence-corrected chi connectivity index (χ2v) is 13.7. The van der Waals surface area contributed by atoms with Crippen LogP contribution in [0.2, 0.25) is 0 Å². The average Bonchev–Trinajstić information content (AvgIpc) is 3.52. The number of ether oxygens (including phenoxy) is 2. The lowest BCUT2D eigenvalue weighted by atomic mass is 9.90. The van der Waals surface area contributed by atoms with E-state index in [1.165, 1.54) is 23.8 Å². The summed E-state index contributed by atoms with van der Waals surface area (Å²) in [7, 11) is 1.81. The zero-order chi connectivity index (χ0) is 34.6. The van der Waals surface area contributed by atoms with Crippen LogP contribution in [0.15, 0.2) is 29.6 Å². The molecule has 0 saturated carbocycles. The Balaban J connectivity index is 2.29. The fourth-order valence-electron chi connectivity index (χ4n) is 5.57. The van der Waals surface area contributed by atoms with Gasteiger partial charge in [-0.2, -0.15) is 0 Å². The van der Waals surface area contributed by atoms with Crippen molar-refractivity contribution in [2.45, 2.75) is 113 Å². The number of hydrogen-bond acceptors (Lipinski definition) is 8. The smallest absolute Gasteiger partial charge is 0.308 e. The fraction of sp³-hybridized carbons (Fsp3) is 0.639. The van der Waals surface area contributed by atoms with Crippen molar-refractivity contribution in [2.75, 3.05) is 13.7 Å². The van der Waals surface area contributed by atoms with Crippen LogP contribution in [0, 0.1) is 23.7 Å². The van der Waals surface area contributed by atoms with Crippen molar-refractivity contribution in [3.8, 4) is 0 Å². The highest BCUT2D eigenvalue weighted by Crippen LogP contribution is 2.31. The summed E-state index contributed by atoms with van der Waals surface area (Å²) in [6.07, 6.45) is 2.41. The molecule has 0 unspecified atom stereocenters. The summed E-state index contributed by atoms with van der Waals surface area (Å²) >= 11 is 1.25. The van der Waals surface area contributed by atoms with Crippen molar-refractivity contribution in [1.82, 2.24) is 15.2 Å². The molecule has 0 aliphatic heterocycles. The van der Waals surface area contributed by atoms with Crippen LogP contribution in [0.25, 0.3) is 0 Å². The number of benzene rings is 1. The molecule has 0 fully saturated rings. The summed E-state index contributed by atoms with van der Waals surface area (Å²) < 4.78 is 11.0. The zero-order valence-corrected chi connectivity index (χ0v) is 30.2. The number of hydrogen-bond donors (Lipinski definition) is 1. The Kier molecular flexibility index (Phi) is 15.9. The van der Waals surface area contributed by atoms with Crippen LogP contribution < -0.4 is 5.32 Å². The Labute approximate surface area is 279 Å². The van der Waals surface area contributed by atoms with Gasteiger partial charge in [0.2, 0.25) is 5.91 Å². The molecule has 1 aromatic heterocycles. The Morgan fingerprint density at radius 3 is 2.13 bits per heavy atom. The summed E-state index contributed by atoms with van der Waals surface area (Å²) in [6, 6.07) is 7.70. The van der Waals surface area contributed by atoms with Gasteiger partial charge in [-0.05, 0) is 49.1 Å². The third-order valence-electron chi connectivity index (χ3n) is 8.87. The molecular formula is C36H55N3O6S. The SMILES string of the molecule is CCOC(=O)[C@@H](C)C[C@H](Cc1ccc(CC)cc1)NC(=O)c1csc([C@@H](C[C@H](C(C)C)N(C)C(=O)[C@@H](C)[C@@H](C)CC)OC(C)=O)n1. The molecule has 0 aliphatic carbocycles. The normalized spacial score (nSPS) is 15.3. The Hall–Kier alpha value is -3.27. The number of esters is 2. The lowest BCUT2D eigenvalue weighted by molar-refractivity contribution is -0.149. The predicted octanol–water partition coefficient (Wildman–Crippen LogP) is 6.80. The van der Waals surface area contributed by atoms with Crippen LogP contribution in [0.5, 0.6) is 0 Å². The van der Waals surface area contributed by atoms with Crippen molar-refractivity contribution < 1.29 is 28.7 Å². The van der Waals surface area contributed by atoms with Crippen molar-refractivity contribution >= 4 is 35.1 Å². The zero-order valence-electron chi connectivity index (χ0n) is 29.4. The molecule has 9 nitrogen and oxygen atoms in total. The maximum Gasteiger partial charge on any atom is 0.308 e.